The van der Waals surface area contributed by atoms with E-state index in [1.54, 1.807) is 0 Å². The smallest absolute Gasteiger partial charge is 0.332 e. The standard InChI is InChI=1S/C16H22O9/c17-7-9-6-11(19)14(21)16(24-9)25-13-4-2-8(1-3-10(13)18)5-12(20)15(22)23/h1,3-4,9,11-12,14,16-21H,2,5-7H2,(H,22,23)/t9-,11-,12+,14+,16-/m0/s1. The molecule has 25 heavy (non-hydrogen) atoms. The Morgan fingerprint density at radius 1 is 1.36 bits per heavy atom. The van der Waals surface area contributed by atoms with E-state index >= 15 is 0 Å². The Hall–Kier alpha value is -1.91. The predicted octanol–water partition coefficient (Wildman–Crippen LogP) is -0.676. The molecule has 0 aromatic carbocycles. The molecule has 2 aliphatic rings. The van der Waals surface area contributed by atoms with Crippen LogP contribution >= 0.6 is 0 Å². The fourth-order valence-corrected chi connectivity index (χ4v) is 2.53. The molecule has 0 aromatic rings. The van der Waals surface area contributed by atoms with Crippen molar-refractivity contribution in [2.24, 2.45) is 0 Å². The molecule has 1 heterocycles. The molecule has 0 spiro atoms. The molecule has 0 bridgehead atoms. The van der Waals surface area contributed by atoms with Crippen molar-refractivity contribution in [3.8, 4) is 0 Å². The van der Waals surface area contributed by atoms with Gasteiger partial charge in [-0.1, -0.05) is 11.6 Å². The van der Waals surface area contributed by atoms with Crippen LogP contribution in [0.1, 0.15) is 19.3 Å². The van der Waals surface area contributed by atoms with Crippen LogP contribution in [0.4, 0.5) is 0 Å². The lowest BCUT2D eigenvalue weighted by Crippen LogP contribution is -2.50. The minimum Gasteiger partial charge on any atom is -0.504 e. The summed E-state index contributed by atoms with van der Waals surface area (Å²) in [5.41, 5.74) is 0.554. The van der Waals surface area contributed by atoms with Gasteiger partial charge in [-0.05, 0) is 18.6 Å². The minimum atomic E-state index is -1.55. The molecular formula is C16H22O9. The molecule has 5 atom stereocenters. The van der Waals surface area contributed by atoms with Gasteiger partial charge >= 0.3 is 5.97 Å². The third kappa shape index (κ3) is 5.03. The molecule has 0 radical (unpaired) electrons. The van der Waals surface area contributed by atoms with Crippen molar-refractivity contribution in [2.75, 3.05) is 6.61 Å². The van der Waals surface area contributed by atoms with Crippen molar-refractivity contribution in [1.82, 2.24) is 0 Å². The molecule has 2 rings (SSSR count). The summed E-state index contributed by atoms with van der Waals surface area (Å²) >= 11 is 0. The fraction of sp³-hybridized carbons (Fsp3) is 0.562. The van der Waals surface area contributed by atoms with Gasteiger partial charge < -0.3 is 40.1 Å². The molecule has 9 heteroatoms. The van der Waals surface area contributed by atoms with Crippen LogP contribution in [0.25, 0.3) is 0 Å². The van der Waals surface area contributed by atoms with Crippen molar-refractivity contribution < 1.29 is 44.9 Å². The summed E-state index contributed by atoms with van der Waals surface area (Å²) in [7, 11) is 0. The molecule has 9 nitrogen and oxygen atoms in total. The van der Waals surface area contributed by atoms with Gasteiger partial charge in [0.25, 0.3) is 0 Å². The number of carboxylic acid groups (broad SMARTS) is 1. The Labute approximate surface area is 143 Å². The molecular weight excluding hydrogens is 336 g/mol. The normalized spacial score (nSPS) is 31.3. The Kier molecular flexibility index (Phi) is 6.57. The van der Waals surface area contributed by atoms with Crippen LogP contribution in [0.2, 0.25) is 0 Å². The average Bonchev–Trinajstić information content (AvgIpc) is 2.74. The molecule has 1 saturated heterocycles. The molecule has 1 aliphatic carbocycles. The van der Waals surface area contributed by atoms with E-state index in [4.69, 9.17) is 19.7 Å². The van der Waals surface area contributed by atoms with Crippen molar-refractivity contribution in [3.05, 3.63) is 35.3 Å². The second-order valence-electron chi connectivity index (χ2n) is 5.93. The molecule has 0 saturated carbocycles. The predicted molar refractivity (Wildman–Crippen MR) is 83.2 cm³/mol. The van der Waals surface area contributed by atoms with Gasteiger partial charge in [0.05, 0.1) is 18.8 Å². The number of ether oxygens (including phenoxy) is 2. The first-order valence-corrected chi connectivity index (χ1v) is 7.81. The quantitative estimate of drug-likeness (QED) is 0.362. The Balaban J connectivity index is 2.05. The van der Waals surface area contributed by atoms with Crippen molar-refractivity contribution >= 4 is 5.97 Å². The van der Waals surface area contributed by atoms with Gasteiger partial charge in [-0.15, -0.1) is 0 Å². The van der Waals surface area contributed by atoms with Gasteiger partial charge in [0.2, 0.25) is 6.29 Å². The second kappa shape index (κ2) is 8.45. The summed E-state index contributed by atoms with van der Waals surface area (Å²) in [6, 6.07) is 0. The summed E-state index contributed by atoms with van der Waals surface area (Å²) in [4.78, 5) is 10.7. The number of hydrogen-bond donors (Lipinski definition) is 6. The van der Waals surface area contributed by atoms with Crippen LogP contribution < -0.4 is 0 Å². The third-order valence-corrected chi connectivity index (χ3v) is 3.97. The molecule has 0 unspecified atom stereocenters. The van der Waals surface area contributed by atoms with Gasteiger partial charge in [0.15, 0.2) is 17.6 Å². The summed E-state index contributed by atoms with van der Waals surface area (Å²) < 4.78 is 10.8. The zero-order chi connectivity index (χ0) is 18.6. The highest BCUT2D eigenvalue weighted by atomic mass is 16.7. The highest BCUT2D eigenvalue weighted by molar-refractivity contribution is 5.72. The first-order chi connectivity index (χ1) is 11.8. The molecule has 1 aliphatic heterocycles. The number of rotatable bonds is 6. The lowest BCUT2D eigenvalue weighted by atomic mass is 10.0. The lowest BCUT2D eigenvalue weighted by molar-refractivity contribution is -0.258. The van der Waals surface area contributed by atoms with Crippen molar-refractivity contribution in [2.45, 2.75) is 50.0 Å². The Bertz CT molecular complexity index is 580. The zero-order valence-corrected chi connectivity index (χ0v) is 13.4. The SMILES string of the molecule is O=C(O)[C@H](O)CC1=CC=C(O)C(O[C@@H]2O[C@H](CO)C[C@H](O)[C@H]2O)=CC1. The van der Waals surface area contributed by atoms with E-state index in [1.165, 1.54) is 18.2 Å². The van der Waals surface area contributed by atoms with Crippen LogP contribution in [-0.2, 0) is 14.3 Å². The highest BCUT2D eigenvalue weighted by Crippen LogP contribution is 2.27. The largest absolute Gasteiger partial charge is 0.504 e. The maximum atomic E-state index is 10.7. The molecule has 0 aromatic heterocycles. The van der Waals surface area contributed by atoms with Crippen LogP contribution in [0.15, 0.2) is 35.3 Å². The minimum absolute atomic E-state index is 0.0223. The summed E-state index contributed by atoms with van der Waals surface area (Å²) in [6.07, 6.45) is -1.71. The van der Waals surface area contributed by atoms with Gasteiger partial charge in [-0.2, -0.15) is 0 Å². The van der Waals surface area contributed by atoms with Crippen LogP contribution in [0, 0.1) is 0 Å². The van der Waals surface area contributed by atoms with Gasteiger partial charge in [0, 0.05) is 12.8 Å². The van der Waals surface area contributed by atoms with Gasteiger partial charge in [-0.3, -0.25) is 0 Å². The highest BCUT2D eigenvalue weighted by Gasteiger charge is 2.38. The molecule has 6 N–H and O–H groups in total. The fourth-order valence-electron chi connectivity index (χ4n) is 2.53. The molecule has 0 amide bonds. The van der Waals surface area contributed by atoms with E-state index in [9.17, 15) is 25.2 Å². The number of carboxylic acids is 1. The number of allylic oxidation sites excluding steroid dienone is 3. The number of aliphatic carboxylic acids is 1. The third-order valence-electron chi connectivity index (χ3n) is 3.97. The van der Waals surface area contributed by atoms with E-state index in [0.717, 1.165) is 0 Å². The number of aliphatic hydroxyl groups excluding tert-OH is 5. The van der Waals surface area contributed by atoms with Gasteiger partial charge in [-0.25, -0.2) is 4.79 Å². The van der Waals surface area contributed by atoms with E-state index in [1.807, 2.05) is 0 Å². The molecule has 1 fully saturated rings. The first kappa shape index (κ1) is 19.4. The Morgan fingerprint density at radius 2 is 2.08 bits per heavy atom. The second-order valence-corrected chi connectivity index (χ2v) is 5.93. The monoisotopic (exact) mass is 358 g/mol. The number of carbonyl (C=O) groups is 1. The van der Waals surface area contributed by atoms with Crippen LogP contribution in [0.5, 0.6) is 0 Å². The van der Waals surface area contributed by atoms with Crippen molar-refractivity contribution in [3.63, 3.8) is 0 Å². The zero-order valence-electron chi connectivity index (χ0n) is 13.4. The number of aliphatic hydroxyl groups is 5. The summed E-state index contributed by atoms with van der Waals surface area (Å²) in [5.74, 6) is -1.65. The lowest BCUT2D eigenvalue weighted by Gasteiger charge is -2.36. The van der Waals surface area contributed by atoms with Crippen LogP contribution in [-0.4, -0.2) is 73.9 Å². The first-order valence-electron chi connectivity index (χ1n) is 7.81. The Morgan fingerprint density at radius 3 is 2.72 bits per heavy atom. The molecule has 140 valence electrons. The topological polar surface area (TPSA) is 157 Å². The maximum absolute atomic E-state index is 10.7. The van der Waals surface area contributed by atoms with E-state index in [0.29, 0.717) is 5.57 Å². The van der Waals surface area contributed by atoms with E-state index in [-0.39, 0.29) is 37.4 Å². The van der Waals surface area contributed by atoms with E-state index < -0.39 is 36.7 Å². The van der Waals surface area contributed by atoms with Gasteiger partial charge in [0.1, 0.15) is 6.10 Å². The maximum Gasteiger partial charge on any atom is 0.332 e. The van der Waals surface area contributed by atoms with Crippen molar-refractivity contribution in [1.29, 1.82) is 0 Å². The average molecular weight is 358 g/mol. The van der Waals surface area contributed by atoms with E-state index in [2.05, 4.69) is 0 Å². The van der Waals surface area contributed by atoms with Crippen LogP contribution in [0.3, 0.4) is 0 Å². The summed E-state index contributed by atoms with van der Waals surface area (Å²) in [6.45, 7) is -0.358. The summed E-state index contributed by atoms with van der Waals surface area (Å²) in [5, 5.41) is 57.0. The number of hydrogen-bond acceptors (Lipinski definition) is 8.